The first-order valence-electron chi connectivity index (χ1n) is 6.58. The first-order chi connectivity index (χ1) is 10.2. The van der Waals surface area contributed by atoms with Gasteiger partial charge in [-0.15, -0.1) is 0 Å². The van der Waals surface area contributed by atoms with E-state index in [1.54, 1.807) is 20.8 Å². The van der Waals surface area contributed by atoms with Gasteiger partial charge in [-0.25, -0.2) is 9.18 Å². The van der Waals surface area contributed by atoms with Gasteiger partial charge in [-0.2, -0.15) is 0 Å². The van der Waals surface area contributed by atoms with E-state index in [4.69, 9.17) is 9.47 Å². The van der Waals surface area contributed by atoms with Crippen molar-refractivity contribution in [1.82, 2.24) is 5.32 Å². The van der Waals surface area contributed by atoms with Gasteiger partial charge in [0.15, 0.2) is 12.4 Å². The number of esters is 1. The number of nitrogens with one attached hydrogen (secondary N) is 1. The molecular formula is C15H18FNO5. The maximum Gasteiger partial charge on any atom is 0.408 e. The van der Waals surface area contributed by atoms with Gasteiger partial charge in [0.05, 0.1) is 0 Å². The molecule has 0 aliphatic rings. The molecular weight excluding hydrogens is 293 g/mol. The summed E-state index contributed by atoms with van der Waals surface area (Å²) in [6.45, 7) is 4.16. The Hall–Kier alpha value is -2.44. The number of alkyl carbamates (subject to hydrolysis) is 1. The molecule has 0 unspecified atom stereocenters. The number of carbonyl (C=O) groups is 3. The lowest BCUT2D eigenvalue weighted by atomic mass is 10.1. The Labute approximate surface area is 127 Å². The van der Waals surface area contributed by atoms with Gasteiger partial charge in [-0.1, -0.05) is 0 Å². The van der Waals surface area contributed by atoms with Crippen LogP contribution >= 0.6 is 0 Å². The third kappa shape index (κ3) is 6.83. The number of amides is 1. The Balaban J connectivity index is 2.32. The first-order valence-corrected chi connectivity index (χ1v) is 6.58. The molecule has 0 saturated carbocycles. The Morgan fingerprint density at radius 2 is 1.73 bits per heavy atom. The van der Waals surface area contributed by atoms with E-state index in [-0.39, 0.29) is 5.56 Å². The number of hydrogen-bond acceptors (Lipinski definition) is 5. The molecule has 0 aromatic heterocycles. The van der Waals surface area contributed by atoms with E-state index in [1.165, 1.54) is 12.1 Å². The molecule has 1 N–H and O–H groups in total. The molecule has 0 spiro atoms. The number of carbonyl (C=O) groups excluding carboxylic acids is 3. The highest BCUT2D eigenvalue weighted by Gasteiger charge is 2.17. The normalized spacial score (nSPS) is 10.7. The summed E-state index contributed by atoms with van der Waals surface area (Å²) in [5.74, 6) is -1.71. The lowest BCUT2D eigenvalue weighted by Crippen LogP contribution is -2.36. The topological polar surface area (TPSA) is 81.7 Å². The summed E-state index contributed by atoms with van der Waals surface area (Å²) >= 11 is 0. The van der Waals surface area contributed by atoms with Crippen LogP contribution in [-0.2, 0) is 14.3 Å². The number of benzene rings is 1. The van der Waals surface area contributed by atoms with Crippen molar-refractivity contribution in [3.05, 3.63) is 35.6 Å². The highest BCUT2D eigenvalue weighted by Crippen LogP contribution is 2.06. The van der Waals surface area contributed by atoms with Crippen LogP contribution in [0.15, 0.2) is 24.3 Å². The maximum absolute atomic E-state index is 12.7. The Morgan fingerprint density at radius 1 is 1.14 bits per heavy atom. The van der Waals surface area contributed by atoms with Crippen LogP contribution in [0.4, 0.5) is 9.18 Å². The minimum atomic E-state index is -0.777. The summed E-state index contributed by atoms with van der Waals surface area (Å²) in [4.78, 5) is 34.4. The average Bonchev–Trinajstić information content (AvgIpc) is 2.41. The van der Waals surface area contributed by atoms with Gasteiger partial charge in [-0.05, 0) is 45.0 Å². The van der Waals surface area contributed by atoms with Crippen molar-refractivity contribution in [2.45, 2.75) is 26.4 Å². The number of ketones is 1. The molecule has 0 fully saturated rings. The zero-order chi connectivity index (χ0) is 16.8. The van der Waals surface area contributed by atoms with Crippen molar-refractivity contribution in [1.29, 1.82) is 0 Å². The number of Topliss-reactive ketones (excluding diaryl/α,β-unsaturated/α-hetero) is 1. The van der Waals surface area contributed by atoms with Gasteiger partial charge in [0.25, 0.3) is 0 Å². The monoisotopic (exact) mass is 311 g/mol. The molecule has 1 amide bonds. The van der Waals surface area contributed by atoms with Crippen LogP contribution in [0, 0.1) is 5.82 Å². The van der Waals surface area contributed by atoms with E-state index in [0.717, 1.165) is 12.1 Å². The third-order valence-corrected chi connectivity index (χ3v) is 2.31. The molecule has 1 aromatic rings. The van der Waals surface area contributed by atoms with Crippen molar-refractivity contribution in [2.75, 3.05) is 13.2 Å². The van der Waals surface area contributed by atoms with Crippen LogP contribution in [0.1, 0.15) is 31.1 Å². The molecule has 0 aliphatic carbocycles. The number of halogens is 1. The largest absolute Gasteiger partial charge is 0.456 e. The number of hydrogen-bond donors (Lipinski definition) is 1. The zero-order valence-corrected chi connectivity index (χ0v) is 12.6. The standard InChI is InChI=1S/C15H18FNO5/c1-15(2,3)22-14(20)17-8-13(19)21-9-12(18)10-4-6-11(16)7-5-10/h4-7H,8-9H2,1-3H3,(H,17,20). The lowest BCUT2D eigenvalue weighted by Gasteiger charge is -2.19. The second-order valence-corrected chi connectivity index (χ2v) is 5.45. The first kappa shape index (κ1) is 17.6. The zero-order valence-electron chi connectivity index (χ0n) is 12.6. The Kier molecular flexibility index (Phi) is 6.03. The molecule has 6 nitrogen and oxygen atoms in total. The van der Waals surface area contributed by atoms with E-state index in [9.17, 15) is 18.8 Å². The van der Waals surface area contributed by atoms with Crippen LogP contribution in [-0.4, -0.2) is 36.6 Å². The van der Waals surface area contributed by atoms with Crippen LogP contribution in [0.3, 0.4) is 0 Å². The molecule has 0 aliphatic heterocycles. The SMILES string of the molecule is CC(C)(C)OC(=O)NCC(=O)OCC(=O)c1ccc(F)cc1. The second kappa shape index (κ2) is 7.53. The predicted molar refractivity (Wildman–Crippen MR) is 75.9 cm³/mol. The van der Waals surface area contributed by atoms with Gasteiger partial charge in [0.2, 0.25) is 0 Å². The van der Waals surface area contributed by atoms with Crippen molar-refractivity contribution >= 4 is 17.8 Å². The Bertz CT molecular complexity index is 548. The molecule has 1 aromatic carbocycles. The molecule has 1 rings (SSSR count). The predicted octanol–water partition coefficient (Wildman–Crippen LogP) is 2.08. The highest BCUT2D eigenvalue weighted by molar-refractivity contribution is 5.98. The fraction of sp³-hybridized carbons (Fsp3) is 0.400. The van der Waals surface area contributed by atoms with Gasteiger partial charge >= 0.3 is 12.1 Å². The maximum atomic E-state index is 12.7. The van der Waals surface area contributed by atoms with E-state index >= 15 is 0 Å². The van der Waals surface area contributed by atoms with Gasteiger partial charge in [0, 0.05) is 5.56 Å². The lowest BCUT2D eigenvalue weighted by molar-refractivity contribution is -0.141. The Morgan fingerprint density at radius 3 is 2.27 bits per heavy atom. The van der Waals surface area contributed by atoms with Crippen molar-refractivity contribution in [3.8, 4) is 0 Å². The van der Waals surface area contributed by atoms with Gasteiger partial charge in [-0.3, -0.25) is 9.59 Å². The van der Waals surface area contributed by atoms with Crippen molar-refractivity contribution in [2.24, 2.45) is 0 Å². The van der Waals surface area contributed by atoms with E-state index in [0.29, 0.717) is 0 Å². The summed E-state index contributed by atoms with van der Waals surface area (Å²) in [6, 6.07) is 4.87. The summed E-state index contributed by atoms with van der Waals surface area (Å²) in [6.07, 6.45) is -0.755. The minimum Gasteiger partial charge on any atom is -0.456 e. The van der Waals surface area contributed by atoms with E-state index in [1.807, 2.05) is 0 Å². The van der Waals surface area contributed by atoms with E-state index in [2.05, 4.69) is 5.32 Å². The van der Waals surface area contributed by atoms with Crippen molar-refractivity contribution < 1.29 is 28.2 Å². The molecule has 0 radical (unpaired) electrons. The molecule has 0 heterocycles. The summed E-state index contributed by atoms with van der Waals surface area (Å²) in [5.41, 5.74) is -0.443. The van der Waals surface area contributed by atoms with Gasteiger partial charge < -0.3 is 14.8 Å². The molecule has 0 saturated heterocycles. The molecule has 7 heteroatoms. The van der Waals surface area contributed by atoms with Gasteiger partial charge in [0.1, 0.15) is 18.0 Å². The fourth-order valence-electron chi connectivity index (χ4n) is 1.37. The number of rotatable bonds is 5. The fourth-order valence-corrected chi connectivity index (χ4v) is 1.37. The summed E-state index contributed by atoms with van der Waals surface area (Å²) in [5, 5.41) is 2.21. The molecule has 120 valence electrons. The van der Waals surface area contributed by atoms with Crippen LogP contribution < -0.4 is 5.32 Å². The average molecular weight is 311 g/mol. The van der Waals surface area contributed by atoms with Crippen molar-refractivity contribution in [3.63, 3.8) is 0 Å². The smallest absolute Gasteiger partial charge is 0.408 e. The molecule has 22 heavy (non-hydrogen) atoms. The molecule has 0 bridgehead atoms. The summed E-state index contributed by atoms with van der Waals surface area (Å²) < 4.78 is 22.4. The third-order valence-electron chi connectivity index (χ3n) is 2.31. The second-order valence-electron chi connectivity index (χ2n) is 5.45. The van der Waals surface area contributed by atoms with Crippen LogP contribution in [0.25, 0.3) is 0 Å². The van der Waals surface area contributed by atoms with Crippen LogP contribution in [0.2, 0.25) is 0 Å². The molecule has 0 atom stereocenters. The minimum absolute atomic E-state index is 0.231. The summed E-state index contributed by atoms with van der Waals surface area (Å²) in [7, 11) is 0. The van der Waals surface area contributed by atoms with Crippen LogP contribution in [0.5, 0.6) is 0 Å². The quantitative estimate of drug-likeness (QED) is 0.665. The number of ether oxygens (including phenoxy) is 2. The van der Waals surface area contributed by atoms with E-state index < -0.39 is 42.4 Å². The highest BCUT2D eigenvalue weighted by atomic mass is 19.1.